The summed E-state index contributed by atoms with van der Waals surface area (Å²) in [6.07, 6.45) is -19.1. The van der Waals surface area contributed by atoms with E-state index < -0.39 is 74.5 Å². The van der Waals surface area contributed by atoms with Crippen LogP contribution in [0.5, 0.6) is 0 Å². The fourth-order valence-corrected chi connectivity index (χ4v) is 3.15. The molecule has 1 N–H and O–H groups in total. The van der Waals surface area contributed by atoms with Gasteiger partial charge in [-0.05, 0) is 45.4 Å². The van der Waals surface area contributed by atoms with Crippen LogP contribution in [0.15, 0.2) is 40.0 Å². The second-order valence-corrected chi connectivity index (χ2v) is 7.07. The van der Waals surface area contributed by atoms with Crippen molar-refractivity contribution in [3.8, 4) is 0 Å². The molecule has 0 fully saturated rings. The highest BCUT2D eigenvalue weighted by Gasteiger charge is 2.73. The van der Waals surface area contributed by atoms with Crippen molar-refractivity contribution in [1.29, 1.82) is 0 Å². The third kappa shape index (κ3) is 4.79. The first-order valence-electron chi connectivity index (χ1n) is 8.03. The van der Waals surface area contributed by atoms with Gasteiger partial charge in [0.15, 0.2) is 5.82 Å². The van der Waals surface area contributed by atoms with Crippen molar-refractivity contribution < 1.29 is 53.1 Å². The minimum atomic E-state index is -6.70. The number of nitrogens with one attached hydrogen (secondary N) is 1. The number of nitroso groups, excluding NO2 is 1. The topological polar surface area (TPSA) is 58.5 Å². The third-order valence-electron chi connectivity index (χ3n) is 4.13. The van der Waals surface area contributed by atoms with Crippen molar-refractivity contribution in [2.24, 2.45) is 5.18 Å². The molecule has 0 aliphatic heterocycles. The monoisotopic (exact) mass is 558 g/mol. The lowest BCUT2D eigenvalue weighted by atomic mass is 9.92. The molecule has 0 aliphatic carbocycles. The van der Waals surface area contributed by atoms with Crippen LogP contribution in [0.2, 0.25) is 0 Å². The second kappa shape index (κ2) is 8.53. The third-order valence-corrected chi connectivity index (χ3v) is 4.76. The molecular weight excluding hydrogens is 553 g/mol. The SMILES string of the molecule is O=Nc1cccc(C(=O)Nc2c(Br)cc(C(F)(C(F)(F)F)C(F)(F)F)cc2C(F)(F)F)c1F. The molecule has 0 saturated carbocycles. The fourth-order valence-electron chi connectivity index (χ4n) is 2.59. The molecule has 0 unspecified atom stereocenters. The highest BCUT2D eigenvalue weighted by atomic mass is 79.9. The lowest BCUT2D eigenvalue weighted by molar-refractivity contribution is -0.348. The molecule has 0 aromatic heterocycles. The van der Waals surface area contributed by atoms with Crippen LogP contribution in [0.25, 0.3) is 0 Å². The molecule has 2 rings (SSSR count). The van der Waals surface area contributed by atoms with Crippen LogP contribution in [0.4, 0.5) is 59.7 Å². The Morgan fingerprint density at radius 2 is 1.45 bits per heavy atom. The summed E-state index contributed by atoms with van der Waals surface area (Å²) in [5.41, 5.74) is -14.3. The molecular formula is C17H6BrF11N2O2. The van der Waals surface area contributed by atoms with Crippen molar-refractivity contribution >= 4 is 33.2 Å². The second-order valence-electron chi connectivity index (χ2n) is 6.22. The highest BCUT2D eigenvalue weighted by molar-refractivity contribution is 9.10. The molecule has 0 aliphatic rings. The number of halogens is 12. The summed E-state index contributed by atoms with van der Waals surface area (Å²) in [7, 11) is 0. The Morgan fingerprint density at radius 1 is 0.909 bits per heavy atom. The Kier molecular flexibility index (Phi) is 6.85. The van der Waals surface area contributed by atoms with Gasteiger partial charge in [0, 0.05) is 10.0 Å². The molecule has 0 atom stereocenters. The quantitative estimate of drug-likeness (QED) is 0.311. The predicted octanol–water partition coefficient (Wildman–Crippen LogP) is 7.55. The van der Waals surface area contributed by atoms with Gasteiger partial charge >= 0.3 is 24.2 Å². The normalized spacial score (nSPS) is 13.1. The molecule has 0 heterocycles. The summed E-state index contributed by atoms with van der Waals surface area (Å²) in [5, 5.41) is 3.71. The Labute approximate surface area is 183 Å². The molecule has 2 aromatic carbocycles. The summed E-state index contributed by atoms with van der Waals surface area (Å²) in [5.74, 6) is -3.24. The number of rotatable bonds is 4. The standard InChI is InChI=1S/C17H6BrF11N2O2/c18-9-5-6(14(20,16(24,25)26)17(27,28)29)4-8(15(21,22)23)12(9)30-13(32)7-2-1-3-10(31-33)11(7)19/h1-5H,(H,30,32). The predicted molar refractivity (Wildman–Crippen MR) is 93.8 cm³/mol. The van der Waals surface area contributed by atoms with Gasteiger partial charge in [0.2, 0.25) is 0 Å². The fraction of sp³-hybridized carbons (Fsp3) is 0.235. The van der Waals surface area contributed by atoms with E-state index in [0.717, 1.165) is 12.1 Å². The molecule has 2 aromatic rings. The van der Waals surface area contributed by atoms with Gasteiger partial charge in [-0.15, -0.1) is 4.91 Å². The molecule has 1 amide bonds. The number of amides is 1. The number of nitrogens with zero attached hydrogens (tertiary/aromatic N) is 1. The van der Waals surface area contributed by atoms with Crippen molar-refractivity contribution in [3.63, 3.8) is 0 Å². The molecule has 16 heteroatoms. The van der Waals surface area contributed by atoms with E-state index in [4.69, 9.17) is 0 Å². The lowest BCUT2D eigenvalue weighted by Gasteiger charge is -2.31. The summed E-state index contributed by atoms with van der Waals surface area (Å²) in [6, 6.07) is 1.39. The Balaban J connectivity index is 2.72. The van der Waals surface area contributed by atoms with Gasteiger partial charge in [0.1, 0.15) is 5.69 Å². The zero-order valence-electron chi connectivity index (χ0n) is 15.2. The molecule has 4 nitrogen and oxygen atoms in total. The van der Waals surface area contributed by atoms with Gasteiger partial charge in [-0.25, -0.2) is 8.78 Å². The van der Waals surface area contributed by atoms with Crippen LogP contribution >= 0.6 is 15.9 Å². The van der Waals surface area contributed by atoms with Crippen LogP contribution in [0, 0.1) is 10.7 Å². The zero-order chi connectivity index (χ0) is 25.6. The van der Waals surface area contributed by atoms with E-state index in [2.05, 4.69) is 21.1 Å². The number of hydrogen-bond donors (Lipinski definition) is 1. The van der Waals surface area contributed by atoms with Crippen molar-refractivity contribution in [1.82, 2.24) is 0 Å². The lowest BCUT2D eigenvalue weighted by Crippen LogP contribution is -2.50. The largest absolute Gasteiger partial charge is 0.435 e. The molecule has 180 valence electrons. The summed E-state index contributed by atoms with van der Waals surface area (Å²) < 4.78 is 145. The Bertz CT molecular complexity index is 1080. The van der Waals surface area contributed by atoms with Gasteiger partial charge in [0.05, 0.1) is 16.8 Å². The van der Waals surface area contributed by atoms with Crippen LogP contribution < -0.4 is 5.32 Å². The van der Waals surface area contributed by atoms with Crippen molar-refractivity contribution in [3.05, 3.63) is 62.2 Å². The van der Waals surface area contributed by atoms with E-state index in [1.165, 1.54) is 5.32 Å². The van der Waals surface area contributed by atoms with Crippen LogP contribution in [0.3, 0.4) is 0 Å². The highest BCUT2D eigenvalue weighted by Crippen LogP contribution is 2.55. The first kappa shape index (κ1) is 26.5. The summed E-state index contributed by atoms with van der Waals surface area (Å²) in [6.45, 7) is 0. The minimum absolute atomic E-state index is 0.258. The van der Waals surface area contributed by atoms with Gasteiger partial charge < -0.3 is 5.32 Å². The van der Waals surface area contributed by atoms with E-state index in [1.807, 2.05) is 0 Å². The smallest absolute Gasteiger partial charge is 0.320 e. The van der Waals surface area contributed by atoms with E-state index in [1.54, 1.807) is 0 Å². The molecule has 0 saturated heterocycles. The maximum absolute atomic E-state index is 14.3. The Hall–Kier alpha value is -2.78. The summed E-state index contributed by atoms with van der Waals surface area (Å²) >= 11 is 2.29. The number of alkyl halides is 10. The zero-order valence-corrected chi connectivity index (χ0v) is 16.8. The first-order valence-corrected chi connectivity index (χ1v) is 8.82. The van der Waals surface area contributed by atoms with Gasteiger partial charge in [-0.3, -0.25) is 4.79 Å². The van der Waals surface area contributed by atoms with E-state index in [9.17, 15) is 58.0 Å². The number of benzene rings is 2. The van der Waals surface area contributed by atoms with E-state index in [-0.39, 0.29) is 6.07 Å². The molecule has 0 radical (unpaired) electrons. The first-order chi connectivity index (χ1) is 14.9. The average Bonchev–Trinajstić information content (AvgIpc) is 2.66. The maximum Gasteiger partial charge on any atom is 0.435 e. The summed E-state index contributed by atoms with van der Waals surface area (Å²) in [4.78, 5) is 22.7. The number of anilines is 1. The van der Waals surface area contributed by atoms with Gasteiger partial charge in [-0.2, -0.15) is 39.5 Å². The van der Waals surface area contributed by atoms with Gasteiger partial charge in [0.25, 0.3) is 5.91 Å². The van der Waals surface area contributed by atoms with Crippen LogP contribution in [0.1, 0.15) is 21.5 Å². The van der Waals surface area contributed by atoms with Crippen molar-refractivity contribution in [2.45, 2.75) is 24.2 Å². The van der Waals surface area contributed by atoms with Crippen LogP contribution in [-0.4, -0.2) is 18.3 Å². The Morgan fingerprint density at radius 3 is 1.91 bits per heavy atom. The van der Waals surface area contributed by atoms with Crippen molar-refractivity contribution in [2.75, 3.05) is 5.32 Å². The van der Waals surface area contributed by atoms with Gasteiger partial charge in [-0.1, -0.05) is 6.07 Å². The number of carbonyl (C=O) groups excluding carboxylic acids is 1. The van der Waals surface area contributed by atoms with E-state index in [0.29, 0.717) is 6.07 Å². The molecule has 0 bridgehead atoms. The molecule has 33 heavy (non-hydrogen) atoms. The average molecular weight is 559 g/mol. The number of hydrogen-bond acceptors (Lipinski definition) is 3. The van der Waals surface area contributed by atoms with Crippen LogP contribution in [-0.2, 0) is 11.8 Å². The van der Waals surface area contributed by atoms with E-state index >= 15 is 0 Å². The minimum Gasteiger partial charge on any atom is -0.320 e. The number of carbonyl (C=O) groups is 1. The maximum atomic E-state index is 14.3. The molecule has 0 spiro atoms.